The van der Waals surface area contributed by atoms with Gasteiger partial charge in [0.25, 0.3) is 0 Å². The van der Waals surface area contributed by atoms with E-state index >= 15 is 0 Å². The van der Waals surface area contributed by atoms with Crippen molar-refractivity contribution in [3.63, 3.8) is 0 Å². The van der Waals surface area contributed by atoms with Crippen molar-refractivity contribution in [1.82, 2.24) is 0 Å². The molecule has 0 spiro atoms. The topological polar surface area (TPSA) is 44.5 Å². The predicted molar refractivity (Wildman–Crippen MR) is 79.7 cm³/mol. The molecule has 1 atom stereocenters. The molecule has 3 nitrogen and oxygen atoms in total. The Kier molecular flexibility index (Phi) is 3.55. The maximum atomic E-state index is 6.10. The third kappa shape index (κ3) is 2.47. The van der Waals surface area contributed by atoms with Crippen molar-refractivity contribution in [3.8, 4) is 17.2 Å². The van der Waals surface area contributed by atoms with E-state index in [4.69, 9.17) is 26.8 Å². The fourth-order valence-corrected chi connectivity index (χ4v) is 2.49. The molecule has 0 aliphatic carbocycles. The molecule has 2 aromatic rings. The lowest BCUT2D eigenvalue weighted by Crippen LogP contribution is -2.21. The molecule has 1 unspecified atom stereocenters. The Bertz CT molecular complexity index is 625. The number of hydrogen-bond acceptors (Lipinski definition) is 3. The van der Waals surface area contributed by atoms with E-state index in [1.54, 1.807) is 12.1 Å². The number of rotatable bonds is 2. The zero-order valence-electron chi connectivity index (χ0n) is 11.2. The first-order chi connectivity index (χ1) is 9.65. The van der Waals surface area contributed by atoms with Crippen LogP contribution in [0.5, 0.6) is 17.2 Å². The third-order valence-electron chi connectivity index (χ3n) is 3.50. The quantitative estimate of drug-likeness (QED) is 0.900. The highest BCUT2D eigenvalue weighted by molar-refractivity contribution is 6.30. The number of ether oxygens (including phenoxy) is 2. The lowest BCUT2D eigenvalue weighted by Gasteiger charge is -2.25. The molecule has 2 N–H and O–H groups in total. The number of fused-ring (bicyclic) bond motifs is 1. The van der Waals surface area contributed by atoms with Crippen molar-refractivity contribution in [3.05, 3.63) is 52.5 Å². The van der Waals surface area contributed by atoms with Crippen molar-refractivity contribution in [2.75, 3.05) is 6.61 Å². The molecule has 104 valence electrons. The monoisotopic (exact) mass is 289 g/mol. The Hall–Kier alpha value is -1.71. The molecule has 0 bridgehead atoms. The van der Waals surface area contributed by atoms with Crippen molar-refractivity contribution in [1.29, 1.82) is 0 Å². The molecule has 0 amide bonds. The Morgan fingerprint density at radius 3 is 2.70 bits per heavy atom. The smallest absolute Gasteiger partial charge is 0.134 e. The van der Waals surface area contributed by atoms with Gasteiger partial charge in [0.15, 0.2) is 0 Å². The minimum atomic E-state index is 0.0435. The van der Waals surface area contributed by atoms with Gasteiger partial charge >= 0.3 is 0 Å². The average Bonchev–Trinajstić information content (AvgIpc) is 2.45. The molecule has 20 heavy (non-hydrogen) atoms. The molecule has 0 saturated heterocycles. The molecule has 0 radical (unpaired) electrons. The molecule has 1 aliphatic rings. The maximum Gasteiger partial charge on any atom is 0.134 e. The number of benzene rings is 2. The SMILES string of the molecule is Cc1c(Oc2ccc(Cl)cc2)ccc2c1OCCC2N. The van der Waals surface area contributed by atoms with E-state index < -0.39 is 0 Å². The minimum absolute atomic E-state index is 0.0435. The Morgan fingerprint density at radius 2 is 1.95 bits per heavy atom. The lowest BCUT2D eigenvalue weighted by atomic mass is 9.98. The van der Waals surface area contributed by atoms with E-state index in [2.05, 4.69) is 0 Å². The van der Waals surface area contributed by atoms with Gasteiger partial charge in [0.2, 0.25) is 0 Å². The van der Waals surface area contributed by atoms with E-state index in [1.165, 1.54) is 0 Å². The third-order valence-corrected chi connectivity index (χ3v) is 3.75. The zero-order valence-corrected chi connectivity index (χ0v) is 12.0. The summed E-state index contributed by atoms with van der Waals surface area (Å²) in [5.41, 5.74) is 8.13. The fraction of sp³-hybridized carbons (Fsp3) is 0.250. The fourth-order valence-electron chi connectivity index (χ4n) is 2.36. The van der Waals surface area contributed by atoms with Crippen LogP contribution in [0, 0.1) is 6.92 Å². The first-order valence-electron chi connectivity index (χ1n) is 6.60. The van der Waals surface area contributed by atoms with Gasteiger partial charge in [-0.1, -0.05) is 17.7 Å². The van der Waals surface area contributed by atoms with Gasteiger partial charge < -0.3 is 15.2 Å². The summed E-state index contributed by atoms with van der Waals surface area (Å²) >= 11 is 5.87. The van der Waals surface area contributed by atoms with E-state index in [-0.39, 0.29) is 6.04 Å². The van der Waals surface area contributed by atoms with E-state index in [9.17, 15) is 0 Å². The predicted octanol–water partition coefficient (Wildman–Crippen LogP) is 4.22. The standard InChI is InChI=1S/C16H16ClNO2/c1-10-15(20-12-4-2-11(17)3-5-12)7-6-13-14(18)8-9-19-16(10)13/h2-7,14H,8-9,18H2,1H3. The molecule has 4 heteroatoms. The van der Waals surface area contributed by atoms with Crippen LogP contribution in [-0.2, 0) is 0 Å². The molecule has 3 rings (SSSR count). The van der Waals surface area contributed by atoms with Crippen LogP contribution >= 0.6 is 11.6 Å². The number of halogens is 1. The molecule has 1 heterocycles. The summed E-state index contributed by atoms with van der Waals surface area (Å²) in [4.78, 5) is 0. The van der Waals surface area contributed by atoms with E-state index in [1.807, 2.05) is 31.2 Å². The van der Waals surface area contributed by atoms with Crippen molar-refractivity contribution < 1.29 is 9.47 Å². The summed E-state index contributed by atoms with van der Waals surface area (Å²) in [5, 5.41) is 0.689. The van der Waals surface area contributed by atoms with Gasteiger partial charge in [-0.05, 0) is 37.3 Å². The number of hydrogen-bond donors (Lipinski definition) is 1. The molecule has 0 aromatic heterocycles. The molecule has 1 aliphatic heterocycles. The highest BCUT2D eigenvalue weighted by atomic mass is 35.5. The van der Waals surface area contributed by atoms with Crippen molar-refractivity contribution in [2.24, 2.45) is 5.73 Å². The van der Waals surface area contributed by atoms with Crippen LogP contribution < -0.4 is 15.2 Å². The van der Waals surface area contributed by atoms with Crippen LogP contribution in [0.25, 0.3) is 0 Å². The van der Waals surface area contributed by atoms with Gasteiger partial charge in [-0.3, -0.25) is 0 Å². The Morgan fingerprint density at radius 1 is 1.20 bits per heavy atom. The second kappa shape index (κ2) is 5.35. The molecular weight excluding hydrogens is 274 g/mol. The van der Waals surface area contributed by atoms with Gasteiger partial charge in [-0.15, -0.1) is 0 Å². The van der Waals surface area contributed by atoms with Gasteiger partial charge in [0.1, 0.15) is 17.2 Å². The van der Waals surface area contributed by atoms with Crippen LogP contribution in [0.4, 0.5) is 0 Å². The summed E-state index contributed by atoms with van der Waals surface area (Å²) < 4.78 is 11.6. The first-order valence-corrected chi connectivity index (χ1v) is 6.98. The van der Waals surface area contributed by atoms with Gasteiger partial charge in [0, 0.05) is 28.6 Å². The van der Waals surface area contributed by atoms with Crippen LogP contribution in [0.2, 0.25) is 5.02 Å². The van der Waals surface area contributed by atoms with Crippen LogP contribution in [0.15, 0.2) is 36.4 Å². The minimum Gasteiger partial charge on any atom is -0.493 e. The summed E-state index contributed by atoms with van der Waals surface area (Å²) in [6, 6.07) is 11.3. The van der Waals surface area contributed by atoms with Gasteiger partial charge in [0.05, 0.1) is 6.61 Å². The summed E-state index contributed by atoms with van der Waals surface area (Å²) in [5.74, 6) is 2.38. The maximum absolute atomic E-state index is 6.10. The molecule has 2 aromatic carbocycles. The first kappa shape index (κ1) is 13.3. The zero-order chi connectivity index (χ0) is 14.1. The van der Waals surface area contributed by atoms with Crippen LogP contribution in [0.3, 0.4) is 0 Å². The second-order valence-corrected chi connectivity index (χ2v) is 5.34. The van der Waals surface area contributed by atoms with Crippen molar-refractivity contribution in [2.45, 2.75) is 19.4 Å². The van der Waals surface area contributed by atoms with Crippen molar-refractivity contribution >= 4 is 11.6 Å². The Labute approximate surface area is 123 Å². The average molecular weight is 290 g/mol. The van der Waals surface area contributed by atoms with E-state index in [0.29, 0.717) is 11.6 Å². The Balaban J connectivity index is 1.93. The van der Waals surface area contributed by atoms with E-state index in [0.717, 1.165) is 34.8 Å². The molecular formula is C16H16ClNO2. The largest absolute Gasteiger partial charge is 0.493 e. The molecule has 0 fully saturated rings. The second-order valence-electron chi connectivity index (χ2n) is 4.91. The summed E-state index contributed by atoms with van der Waals surface area (Å²) in [7, 11) is 0. The van der Waals surface area contributed by atoms with Gasteiger partial charge in [-0.25, -0.2) is 0 Å². The number of nitrogens with two attached hydrogens (primary N) is 1. The normalized spacial score (nSPS) is 17.2. The lowest BCUT2D eigenvalue weighted by molar-refractivity contribution is 0.265. The van der Waals surface area contributed by atoms with Crippen LogP contribution in [0.1, 0.15) is 23.6 Å². The van der Waals surface area contributed by atoms with Crippen LogP contribution in [-0.4, -0.2) is 6.61 Å². The summed E-state index contributed by atoms with van der Waals surface area (Å²) in [6.07, 6.45) is 0.851. The highest BCUT2D eigenvalue weighted by Gasteiger charge is 2.21. The molecule has 0 saturated carbocycles. The van der Waals surface area contributed by atoms with Gasteiger partial charge in [-0.2, -0.15) is 0 Å². The highest BCUT2D eigenvalue weighted by Crippen LogP contribution is 2.39. The summed E-state index contributed by atoms with van der Waals surface area (Å²) in [6.45, 7) is 2.64.